The van der Waals surface area contributed by atoms with Gasteiger partial charge in [0.2, 0.25) is 0 Å². The van der Waals surface area contributed by atoms with Gasteiger partial charge in [-0.05, 0) is 89.9 Å². The Kier molecular flexibility index (Phi) is 51.5. The van der Waals surface area contributed by atoms with Gasteiger partial charge < -0.3 is 14.2 Å². The van der Waals surface area contributed by atoms with Gasteiger partial charge in [0, 0.05) is 19.4 Å². The minimum absolute atomic E-state index is 0.0479. The van der Waals surface area contributed by atoms with E-state index >= 15 is 0 Å². The summed E-state index contributed by atoms with van der Waals surface area (Å²) >= 11 is 0. The Balaban J connectivity index is 4.37. The molecular weight excluding hydrogens is 789 g/mol. The number of ether oxygens (including phenoxy) is 3. The van der Waals surface area contributed by atoms with E-state index in [9.17, 15) is 9.59 Å². The summed E-state index contributed by atoms with van der Waals surface area (Å²) in [6.45, 7) is 7.45. The van der Waals surface area contributed by atoms with E-state index in [-0.39, 0.29) is 25.2 Å². The number of esters is 2. The molecule has 0 rings (SSSR count). The number of hydrogen-bond acceptors (Lipinski definition) is 5. The molecule has 0 aromatic rings. The molecule has 5 heteroatoms. The Labute approximate surface area is 396 Å². The molecule has 0 saturated heterocycles. The van der Waals surface area contributed by atoms with Crippen LogP contribution in [0, 0.1) is 0 Å². The Morgan fingerprint density at radius 2 is 0.703 bits per heavy atom. The van der Waals surface area contributed by atoms with Crippen molar-refractivity contribution in [3.8, 4) is 0 Å². The maximum absolute atomic E-state index is 12.8. The van der Waals surface area contributed by atoms with Crippen molar-refractivity contribution in [3.05, 3.63) is 97.2 Å². The second-order valence-electron chi connectivity index (χ2n) is 17.4. The van der Waals surface area contributed by atoms with Crippen molar-refractivity contribution in [2.45, 2.75) is 245 Å². The van der Waals surface area contributed by atoms with E-state index in [2.05, 4.69) is 118 Å². The molecular formula is C59H100O5. The maximum atomic E-state index is 12.8. The van der Waals surface area contributed by atoms with Gasteiger partial charge in [-0.3, -0.25) is 9.59 Å². The quantitative estimate of drug-likeness (QED) is 0.0346. The molecule has 0 aliphatic heterocycles. The van der Waals surface area contributed by atoms with E-state index < -0.39 is 6.10 Å². The van der Waals surface area contributed by atoms with Crippen molar-refractivity contribution < 1.29 is 23.8 Å². The molecule has 64 heavy (non-hydrogen) atoms. The lowest BCUT2D eigenvalue weighted by Gasteiger charge is -2.18. The summed E-state index contributed by atoms with van der Waals surface area (Å²) in [4.78, 5) is 25.4. The van der Waals surface area contributed by atoms with E-state index in [0.717, 1.165) is 109 Å². The smallest absolute Gasteiger partial charge is 0.306 e. The van der Waals surface area contributed by atoms with Crippen molar-refractivity contribution >= 4 is 11.9 Å². The molecule has 0 fully saturated rings. The van der Waals surface area contributed by atoms with Gasteiger partial charge in [0.25, 0.3) is 0 Å². The summed E-state index contributed by atoms with van der Waals surface area (Å²) in [7, 11) is 0. The van der Waals surface area contributed by atoms with Crippen LogP contribution in [0.15, 0.2) is 97.2 Å². The number of hydrogen-bond donors (Lipinski definition) is 0. The number of carbonyl (C=O) groups excluding carboxylic acids is 2. The minimum Gasteiger partial charge on any atom is -0.462 e. The highest BCUT2D eigenvalue weighted by Gasteiger charge is 2.17. The molecule has 5 nitrogen and oxygen atoms in total. The SMILES string of the molecule is CC/C=C\C/C=C\C/C=C\C/C=C\CCCCCCC(=O)OCC(COCCC/C=C\C/C=C\C/C=C\C/C=C\CC)OC(=O)CCCCCCCCCCCCCCCCCCC. The third kappa shape index (κ3) is 51.5. The monoisotopic (exact) mass is 889 g/mol. The largest absolute Gasteiger partial charge is 0.462 e. The predicted molar refractivity (Wildman–Crippen MR) is 279 cm³/mol. The first kappa shape index (κ1) is 60.8. The first-order valence-electron chi connectivity index (χ1n) is 26.8. The Bertz CT molecular complexity index is 1230. The first-order valence-corrected chi connectivity index (χ1v) is 26.8. The van der Waals surface area contributed by atoms with Crippen LogP contribution < -0.4 is 0 Å². The van der Waals surface area contributed by atoms with Gasteiger partial charge in [-0.2, -0.15) is 0 Å². The van der Waals surface area contributed by atoms with Crippen LogP contribution in [0.2, 0.25) is 0 Å². The fraction of sp³-hybridized carbons (Fsp3) is 0.695. The van der Waals surface area contributed by atoms with Crippen LogP contribution in [0.25, 0.3) is 0 Å². The molecule has 0 amide bonds. The summed E-state index contributed by atoms with van der Waals surface area (Å²) < 4.78 is 17.3. The lowest BCUT2D eigenvalue weighted by molar-refractivity contribution is -0.163. The molecule has 0 aliphatic rings. The maximum Gasteiger partial charge on any atom is 0.306 e. The highest BCUT2D eigenvalue weighted by molar-refractivity contribution is 5.70. The zero-order chi connectivity index (χ0) is 46.3. The van der Waals surface area contributed by atoms with E-state index in [1.165, 1.54) is 96.3 Å². The van der Waals surface area contributed by atoms with E-state index in [4.69, 9.17) is 14.2 Å². The molecule has 0 saturated carbocycles. The number of carbonyl (C=O) groups is 2. The van der Waals surface area contributed by atoms with Crippen LogP contribution in [-0.4, -0.2) is 37.9 Å². The Hall–Kier alpha value is -3.18. The minimum atomic E-state index is -0.578. The van der Waals surface area contributed by atoms with Crippen LogP contribution in [0.5, 0.6) is 0 Å². The van der Waals surface area contributed by atoms with Crippen LogP contribution in [-0.2, 0) is 23.8 Å². The third-order valence-electron chi connectivity index (χ3n) is 11.1. The molecule has 0 spiro atoms. The van der Waals surface area contributed by atoms with Gasteiger partial charge in [0.05, 0.1) is 6.61 Å². The molecule has 0 aromatic carbocycles. The van der Waals surface area contributed by atoms with E-state index in [1.54, 1.807) is 0 Å². The van der Waals surface area contributed by atoms with Crippen molar-refractivity contribution in [1.29, 1.82) is 0 Å². The molecule has 0 heterocycles. The van der Waals surface area contributed by atoms with Crippen LogP contribution in [0.1, 0.15) is 239 Å². The molecule has 0 aliphatic carbocycles. The van der Waals surface area contributed by atoms with Crippen molar-refractivity contribution in [1.82, 2.24) is 0 Å². The summed E-state index contributed by atoms with van der Waals surface area (Å²) in [5.41, 5.74) is 0. The van der Waals surface area contributed by atoms with E-state index in [1.807, 2.05) is 0 Å². The van der Waals surface area contributed by atoms with E-state index in [0.29, 0.717) is 19.4 Å². The summed E-state index contributed by atoms with van der Waals surface area (Å²) in [6.07, 6.45) is 72.9. The summed E-state index contributed by atoms with van der Waals surface area (Å²) in [6, 6.07) is 0. The Morgan fingerprint density at radius 3 is 1.12 bits per heavy atom. The van der Waals surface area contributed by atoms with Crippen LogP contribution >= 0.6 is 0 Å². The zero-order valence-electron chi connectivity index (χ0n) is 42.0. The number of allylic oxidation sites excluding steroid dienone is 16. The van der Waals surface area contributed by atoms with Crippen molar-refractivity contribution in [2.75, 3.05) is 19.8 Å². The standard InChI is InChI=1S/C59H100O5/c1-4-7-10-13-16-19-22-25-28-30-32-34-37-40-43-46-49-52-58(60)63-56-57(55-62-54-51-48-45-42-39-36-27-24-21-18-15-12-9-6-3)64-59(61)53-50-47-44-41-38-35-33-31-29-26-23-20-17-14-11-8-5-2/h7,9-10,12,16,18-19,21,25,27-28,32,34,36,42,45,57H,4-6,8,11,13-15,17,20,22-24,26,29-31,33,35,37-41,43-44,46-56H2,1-3H3/b10-7-,12-9-,19-16-,21-18-,28-25-,34-32-,36-27-,45-42-. The molecule has 1 unspecified atom stereocenters. The molecule has 0 radical (unpaired) electrons. The molecule has 0 aromatic heterocycles. The first-order chi connectivity index (χ1) is 31.6. The normalized spacial score (nSPS) is 13.0. The fourth-order valence-electron chi connectivity index (χ4n) is 7.21. The van der Waals surface area contributed by atoms with Gasteiger partial charge in [-0.15, -0.1) is 0 Å². The number of unbranched alkanes of at least 4 members (excludes halogenated alkanes) is 21. The summed E-state index contributed by atoms with van der Waals surface area (Å²) in [5.74, 6) is -0.453. The highest BCUT2D eigenvalue weighted by Crippen LogP contribution is 2.15. The fourth-order valence-corrected chi connectivity index (χ4v) is 7.21. The second-order valence-corrected chi connectivity index (χ2v) is 17.4. The van der Waals surface area contributed by atoms with Gasteiger partial charge in [0.15, 0.2) is 6.10 Å². The molecule has 1 atom stereocenters. The van der Waals surface area contributed by atoms with Crippen LogP contribution in [0.3, 0.4) is 0 Å². The van der Waals surface area contributed by atoms with Crippen molar-refractivity contribution in [3.63, 3.8) is 0 Å². The number of rotatable bonds is 48. The van der Waals surface area contributed by atoms with Gasteiger partial charge in [-0.1, -0.05) is 234 Å². The molecule has 366 valence electrons. The lowest BCUT2D eigenvalue weighted by Crippen LogP contribution is -2.30. The van der Waals surface area contributed by atoms with Crippen LogP contribution in [0.4, 0.5) is 0 Å². The average Bonchev–Trinajstić information content (AvgIpc) is 3.30. The van der Waals surface area contributed by atoms with Gasteiger partial charge in [0.1, 0.15) is 6.61 Å². The Morgan fingerprint density at radius 1 is 0.359 bits per heavy atom. The third-order valence-corrected chi connectivity index (χ3v) is 11.1. The predicted octanol–water partition coefficient (Wildman–Crippen LogP) is 18.2. The van der Waals surface area contributed by atoms with Gasteiger partial charge >= 0.3 is 11.9 Å². The topological polar surface area (TPSA) is 61.8 Å². The molecule has 0 bridgehead atoms. The highest BCUT2D eigenvalue weighted by atomic mass is 16.6. The molecule has 0 N–H and O–H groups in total. The van der Waals surface area contributed by atoms with Gasteiger partial charge in [-0.25, -0.2) is 0 Å². The van der Waals surface area contributed by atoms with Crippen molar-refractivity contribution in [2.24, 2.45) is 0 Å². The second kappa shape index (κ2) is 54.2. The zero-order valence-corrected chi connectivity index (χ0v) is 42.0. The average molecular weight is 889 g/mol. The lowest BCUT2D eigenvalue weighted by atomic mass is 10.0. The summed E-state index contributed by atoms with van der Waals surface area (Å²) in [5, 5.41) is 0.